The standard InChI is InChI=1S/C16H19ClN2O3/c1-2-21-8-3-6-18-16(20)13-10-11-12(17)4-5-14-15(11)19(13)7-9-22-14/h4-5,10H,2-3,6-9H2,1H3,(H,18,20). The molecule has 0 spiro atoms. The lowest BCUT2D eigenvalue weighted by molar-refractivity contribution is 0.0934. The molecule has 1 amide bonds. The highest BCUT2D eigenvalue weighted by Crippen LogP contribution is 2.36. The van der Waals surface area contributed by atoms with Gasteiger partial charge in [-0.05, 0) is 31.5 Å². The van der Waals surface area contributed by atoms with Crippen molar-refractivity contribution in [3.8, 4) is 5.75 Å². The number of amides is 1. The van der Waals surface area contributed by atoms with Gasteiger partial charge in [0.25, 0.3) is 5.91 Å². The van der Waals surface area contributed by atoms with Crippen LogP contribution in [0, 0.1) is 0 Å². The Morgan fingerprint density at radius 3 is 3.18 bits per heavy atom. The van der Waals surface area contributed by atoms with Gasteiger partial charge in [-0.25, -0.2) is 0 Å². The lowest BCUT2D eigenvalue weighted by atomic mass is 10.2. The zero-order chi connectivity index (χ0) is 15.5. The lowest BCUT2D eigenvalue weighted by Crippen LogP contribution is -2.28. The molecule has 1 aliphatic heterocycles. The molecule has 0 radical (unpaired) electrons. The van der Waals surface area contributed by atoms with Gasteiger partial charge >= 0.3 is 0 Å². The van der Waals surface area contributed by atoms with Crippen LogP contribution in [-0.2, 0) is 11.3 Å². The molecule has 6 heteroatoms. The summed E-state index contributed by atoms with van der Waals surface area (Å²) in [6.45, 7) is 5.12. The highest BCUT2D eigenvalue weighted by molar-refractivity contribution is 6.36. The highest BCUT2D eigenvalue weighted by Gasteiger charge is 2.22. The van der Waals surface area contributed by atoms with Crippen molar-refractivity contribution in [2.75, 3.05) is 26.4 Å². The van der Waals surface area contributed by atoms with Crippen molar-refractivity contribution in [3.63, 3.8) is 0 Å². The Morgan fingerprint density at radius 2 is 2.36 bits per heavy atom. The van der Waals surface area contributed by atoms with E-state index in [1.165, 1.54) is 0 Å². The zero-order valence-corrected chi connectivity index (χ0v) is 13.3. The molecule has 0 saturated carbocycles. The van der Waals surface area contributed by atoms with Crippen LogP contribution in [0.1, 0.15) is 23.8 Å². The van der Waals surface area contributed by atoms with Gasteiger partial charge in [-0.2, -0.15) is 0 Å². The summed E-state index contributed by atoms with van der Waals surface area (Å²) in [4.78, 5) is 12.4. The van der Waals surface area contributed by atoms with Gasteiger partial charge in [0.1, 0.15) is 18.1 Å². The molecule has 118 valence electrons. The maximum Gasteiger partial charge on any atom is 0.267 e. The van der Waals surface area contributed by atoms with E-state index in [1.54, 1.807) is 6.07 Å². The minimum absolute atomic E-state index is 0.0865. The molecular weight excluding hydrogens is 304 g/mol. The fraction of sp³-hybridized carbons (Fsp3) is 0.438. The van der Waals surface area contributed by atoms with E-state index in [9.17, 15) is 4.79 Å². The average molecular weight is 323 g/mol. The number of nitrogens with one attached hydrogen (secondary N) is 1. The van der Waals surface area contributed by atoms with Gasteiger partial charge in [-0.1, -0.05) is 11.6 Å². The molecule has 0 aliphatic carbocycles. The van der Waals surface area contributed by atoms with E-state index in [4.69, 9.17) is 21.1 Å². The number of aromatic nitrogens is 1. The first-order valence-corrected chi connectivity index (χ1v) is 7.90. The summed E-state index contributed by atoms with van der Waals surface area (Å²) in [5.41, 5.74) is 1.53. The van der Waals surface area contributed by atoms with Gasteiger partial charge < -0.3 is 19.4 Å². The molecule has 0 atom stereocenters. The molecule has 22 heavy (non-hydrogen) atoms. The van der Waals surface area contributed by atoms with E-state index in [1.807, 2.05) is 23.6 Å². The third-order valence-electron chi connectivity index (χ3n) is 3.73. The molecule has 0 bridgehead atoms. The topological polar surface area (TPSA) is 52.5 Å². The Kier molecular flexibility index (Phi) is 4.55. The van der Waals surface area contributed by atoms with Gasteiger partial charge in [0.05, 0.1) is 17.1 Å². The third-order valence-corrected chi connectivity index (χ3v) is 4.06. The summed E-state index contributed by atoms with van der Waals surface area (Å²) in [5, 5.41) is 4.43. The van der Waals surface area contributed by atoms with Gasteiger partial charge in [0, 0.05) is 25.1 Å². The summed E-state index contributed by atoms with van der Waals surface area (Å²) >= 11 is 6.24. The van der Waals surface area contributed by atoms with Crippen molar-refractivity contribution in [3.05, 3.63) is 28.9 Å². The first kappa shape index (κ1) is 15.2. The Morgan fingerprint density at radius 1 is 1.50 bits per heavy atom. The number of hydrogen-bond donors (Lipinski definition) is 1. The van der Waals surface area contributed by atoms with Crippen LogP contribution in [0.2, 0.25) is 5.02 Å². The largest absolute Gasteiger partial charge is 0.490 e. The van der Waals surface area contributed by atoms with Crippen LogP contribution in [0.3, 0.4) is 0 Å². The molecule has 2 aromatic rings. The maximum absolute atomic E-state index is 12.4. The molecule has 3 rings (SSSR count). The monoisotopic (exact) mass is 322 g/mol. The number of carbonyl (C=O) groups excluding carboxylic acids is 1. The van der Waals surface area contributed by atoms with Crippen LogP contribution in [0.15, 0.2) is 18.2 Å². The summed E-state index contributed by atoms with van der Waals surface area (Å²) in [6.07, 6.45) is 0.801. The van der Waals surface area contributed by atoms with E-state index in [-0.39, 0.29) is 5.91 Å². The Labute approximate surface area is 134 Å². The first-order valence-electron chi connectivity index (χ1n) is 7.53. The van der Waals surface area contributed by atoms with E-state index in [0.717, 1.165) is 23.1 Å². The van der Waals surface area contributed by atoms with Crippen molar-refractivity contribution >= 4 is 28.4 Å². The van der Waals surface area contributed by atoms with Gasteiger partial charge in [0.2, 0.25) is 0 Å². The Hall–Kier alpha value is -1.72. The normalized spacial score (nSPS) is 13.2. The summed E-state index contributed by atoms with van der Waals surface area (Å²) in [7, 11) is 0. The van der Waals surface area contributed by atoms with Gasteiger partial charge in [-0.15, -0.1) is 0 Å². The molecular formula is C16H19ClN2O3. The third kappa shape index (κ3) is 2.78. The fourth-order valence-electron chi connectivity index (χ4n) is 2.71. The summed E-state index contributed by atoms with van der Waals surface area (Å²) in [5.74, 6) is 0.692. The minimum atomic E-state index is -0.0865. The number of rotatable bonds is 6. The van der Waals surface area contributed by atoms with Crippen molar-refractivity contribution in [1.29, 1.82) is 0 Å². The summed E-state index contributed by atoms with van der Waals surface area (Å²) < 4.78 is 12.9. The average Bonchev–Trinajstić information content (AvgIpc) is 2.92. The van der Waals surface area contributed by atoms with E-state index >= 15 is 0 Å². The predicted molar refractivity (Wildman–Crippen MR) is 85.9 cm³/mol. The Bertz CT molecular complexity index is 696. The zero-order valence-electron chi connectivity index (χ0n) is 12.5. The van der Waals surface area contributed by atoms with Crippen molar-refractivity contribution in [2.45, 2.75) is 19.9 Å². The second kappa shape index (κ2) is 6.58. The molecule has 1 aromatic carbocycles. The predicted octanol–water partition coefficient (Wildman–Crippen LogP) is 2.84. The van der Waals surface area contributed by atoms with Crippen LogP contribution in [0.5, 0.6) is 5.75 Å². The maximum atomic E-state index is 12.4. The van der Waals surface area contributed by atoms with Crippen molar-refractivity contribution < 1.29 is 14.3 Å². The van der Waals surface area contributed by atoms with E-state index < -0.39 is 0 Å². The molecule has 2 heterocycles. The minimum Gasteiger partial charge on any atom is -0.490 e. The second-order valence-electron chi connectivity index (χ2n) is 5.14. The molecule has 0 unspecified atom stereocenters. The second-order valence-corrected chi connectivity index (χ2v) is 5.55. The van der Waals surface area contributed by atoms with Crippen LogP contribution in [0.4, 0.5) is 0 Å². The van der Waals surface area contributed by atoms with Crippen LogP contribution in [-0.4, -0.2) is 36.8 Å². The lowest BCUT2D eigenvalue weighted by Gasteiger charge is -2.19. The van der Waals surface area contributed by atoms with E-state index in [2.05, 4.69) is 5.32 Å². The molecule has 1 N–H and O–H groups in total. The van der Waals surface area contributed by atoms with Crippen molar-refractivity contribution in [2.24, 2.45) is 0 Å². The number of halogens is 1. The highest BCUT2D eigenvalue weighted by atomic mass is 35.5. The summed E-state index contributed by atoms with van der Waals surface area (Å²) in [6, 6.07) is 5.50. The molecule has 5 nitrogen and oxygen atoms in total. The van der Waals surface area contributed by atoms with Gasteiger partial charge in [0.15, 0.2) is 0 Å². The van der Waals surface area contributed by atoms with Crippen LogP contribution >= 0.6 is 11.6 Å². The van der Waals surface area contributed by atoms with Crippen LogP contribution < -0.4 is 10.1 Å². The quantitative estimate of drug-likeness (QED) is 0.832. The number of carbonyl (C=O) groups is 1. The molecule has 0 saturated heterocycles. The SMILES string of the molecule is CCOCCCNC(=O)c1cc2c(Cl)ccc3c2n1CCO3. The number of ether oxygens (including phenoxy) is 2. The number of nitrogens with zero attached hydrogens (tertiary/aromatic N) is 1. The van der Waals surface area contributed by atoms with Gasteiger partial charge in [-0.3, -0.25) is 4.79 Å². The van der Waals surface area contributed by atoms with Crippen LogP contribution in [0.25, 0.3) is 10.9 Å². The Balaban J connectivity index is 1.81. The number of benzene rings is 1. The first-order chi connectivity index (χ1) is 10.7. The molecule has 1 aliphatic rings. The van der Waals surface area contributed by atoms with Crippen molar-refractivity contribution in [1.82, 2.24) is 9.88 Å². The van der Waals surface area contributed by atoms with E-state index in [0.29, 0.717) is 43.6 Å². The fourth-order valence-corrected chi connectivity index (χ4v) is 2.92. The number of hydrogen-bond acceptors (Lipinski definition) is 3. The molecule has 1 aromatic heterocycles. The smallest absolute Gasteiger partial charge is 0.267 e. The molecule has 0 fully saturated rings.